The first-order chi connectivity index (χ1) is 7.90. The summed E-state index contributed by atoms with van der Waals surface area (Å²) in [6.45, 7) is 7.52. The first-order valence-electron chi connectivity index (χ1n) is 5.95. The molecule has 0 saturated carbocycles. The van der Waals surface area contributed by atoms with Crippen molar-refractivity contribution in [2.24, 2.45) is 11.3 Å². The summed E-state index contributed by atoms with van der Waals surface area (Å²) in [5, 5.41) is 13.1. The zero-order valence-corrected chi connectivity index (χ0v) is 10.9. The zero-order chi connectivity index (χ0) is 13.1. The smallest absolute Gasteiger partial charge is 0.310 e. The van der Waals surface area contributed by atoms with Crippen LogP contribution in [0.4, 0.5) is 0 Å². The molecule has 0 fully saturated rings. The van der Waals surface area contributed by atoms with Crippen molar-refractivity contribution in [1.29, 1.82) is 0 Å². The zero-order valence-electron chi connectivity index (χ0n) is 10.9. The van der Waals surface area contributed by atoms with E-state index in [-0.39, 0.29) is 12.3 Å². The van der Waals surface area contributed by atoms with E-state index in [4.69, 9.17) is 4.52 Å². The molecular formula is C12H20N2O3. The minimum atomic E-state index is -0.865. The Labute approximate surface area is 101 Å². The van der Waals surface area contributed by atoms with Crippen LogP contribution in [0, 0.1) is 11.3 Å². The molecule has 5 nitrogen and oxygen atoms in total. The summed E-state index contributed by atoms with van der Waals surface area (Å²) < 4.78 is 5.09. The van der Waals surface area contributed by atoms with Crippen LogP contribution in [0.1, 0.15) is 45.8 Å². The summed E-state index contributed by atoms with van der Waals surface area (Å²) in [5.74, 6) is 0.232. The summed E-state index contributed by atoms with van der Waals surface area (Å²) in [5.41, 5.74) is -0.865. The van der Waals surface area contributed by atoms with Crippen LogP contribution in [0.5, 0.6) is 0 Å². The number of aryl methyl sites for hydroxylation is 1. The first-order valence-corrected chi connectivity index (χ1v) is 5.95. The van der Waals surface area contributed by atoms with E-state index in [9.17, 15) is 9.90 Å². The quantitative estimate of drug-likeness (QED) is 0.825. The van der Waals surface area contributed by atoms with E-state index in [1.165, 1.54) is 0 Å². The highest BCUT2D eigenvalue weighted by Crippen LogP contribution is 2.31. The minimum Gasteiger partial charge on any atom is -0.481 e. The monoisotopic (exact) mass is 240 g/mol. The second kappa shape index (κ2) is 5.29. The molecule has 5 heteroatoms. The number of carboxylic acid groups (broad SMARTS) is 1. The van der Waals surface area contributed by atoms with E-state index >= 15 is 0 Å². The molecule has 1 atom stereocenters. The molecule has 1 rings (SSSR count). The third kappa shape index (κ3) is 3.05. The third-order valence-electron chi connectivity index (χ3n) is 3.27. The second-order valence-electron chi connectivity index (χ2n) is 4.91. The molecule has 0 amide bonds. The van der Waals surface area contributed by atoms with Crippen molar-refractivity contribution in [2.45, 2.75) is 47.0 Å². The second-order valence-corrected chi connectivity index (χ2v) is 4.91. The molecule has 0 bridgehead atoms. The van der Waals surface area contributed by atoms with Crippen molar-refractivity contribution in [2.75, 3.05) is 0 Å². The Hall–Kier alpha value is -1.39. The molecule has 96 valence electrons. The fourth-order valence-corrected chi connectivity index (χ4v) is 1.53. The lowest BCUT2D eigenvalue weighted by molar-refractivity contribution is -0.150. The van der Waals surface area contributed by atoms with Gasteiger partial charge in [-0.15, -0.1) is 0 Å². The number of aromatic nitrogens is 2. The van der Waals surface area contributed by atoms with Gasteiger partial charge in [0.2, 0.25) is 5.89 Å². The molecule has 0 aliphatic rings. The van der Waals surface area contributed by atoms with Gasteiger partial charge in [0.25, 0.3) is 0 Å². The molecule has 1 heterocycles. The molecule has 1 unspecified atom stereocenters. The Kier molecular flexibility index (Phi) is 4.26. The summed E-state index contributed by atoms with van der Waals surface area (Å²) in [7, 11) is 0. The van der Waals surface area contributed by atoms with Crippen LogP contribution in [0.15, 0.2) is 4.52 Å². The average molecular weight is 240 g/mol. The standard InChI is InChI=1S/C12H20N2O3/c1-5-6-9-13-10(17-14-9)7-12(4,8(2)3)11(15)16/h8H,5-7H2,1-4H3,(H,15,16). The van der Waals surface area contributed by atoms with Gasteiger partial charge in [-0.3, -0.25) is 4.79 Å². The summed E-state index contributed by atoms with van der Waals surface area (Å²) >= 11 is 0. The number of carbonyl (C=O) groups is 1. The number of hydrogen-bond acceptors (Lipinski definition) is 4. The highest BCUT2D eigenvalue weighted by atomic mass is 16.5. The summed E-state index contributed by atoms with van der Waals surface area (Å²) in [6, 6.07) is 0. The van der Waals surface area contributed by atoms with Gasteiger partial charge in [0.15, 0.2) is 5.82 Å². The van der Waals surface area contributed by atoms with E-state index in [1.54, 1.807) is 6.92 Å². The maximum atomic E-state index is 11.3. The molecule has 1 aromatic heterocycles. The van der Waals surface area contributed by atoms with Crippen LogP contribution in [-0.2, 0) is 17.6 Å². The fraction of sp³-hybridized carbons (Fsp3) is 0.750. The normalized spacial score (nSPS) is 14.9. The average Bonchev–Trinajstić information content (AvgIpc) is 2.65. The Morgan fingerprint density at radius 1 is 1.53 bits per heavy atom. The number of aliphatic carboxylic acids is 1. The van der Waals surface area contributed by atoms with Crippen molar-refractivity contribution >= 4 is 5.97 Å². The lowest BCUT2D eigenvalue weighted by atomic mass is 9.76. The number of rotatable bonds is 6. The molecule has 1 aromatic rings. The molecule has 17 heavy (non-hydrogen) atoms. The van der Waals surface area contributed by atoms with Crippen LogP contribution in [0.3, 0.4) is 0 Å². The largest absolute Gasteiger partial charge is 0.481 e. The van der Waals surface area contributed by atoms with Gasteiger partial charge in [0.05, 0.1) is 5.41 Å². The van der Waals surface area contributed by atoms with Crippen LogP contribution in [-0.4, -0.2) is 21.2 Å². The molecule has 0 aliphatic carbocycles. The molecule has 0 saturated heterocycles. The molecule has 0 aromatic carbocycles. The van der Waals surface area contributed by atoms with E-state index in [2.05, 4.69) is 10.1 Å². The van der Waals surface area contributed by atoms with Gasteiger partial charge in [-0.25, -0.2) is 0 Å². The minimum absolute atomic E-state index is 0.00141. The lowest BCUT2D eigenvalue weighted by Gasteiger charge is -2.27. The highest BCUT2D eigenvalue weighted by Gasteiger charge is 2.38. The van der Waals surface area contributed by atoms with Crippen molar-refractivity contribution in [3.8, 4) is 0 Å². The Bertz CT molecular complexity index is 387. The maximum absolute atomic E-state index is 11.3. The summed E-state index contributed by atoms with van der Waals surface area (Å²) in [6.07, 6.45) is 1.98. The predicted octanol–water partition coefficient (Wildman–Crippen LogP) is 2.31. The molecule has 0 spiro atoms. The van der Waals surface area contributed by atoms with Crippen molar-refractivity contribution < 1.29 is 14.4 Å². The Balaban J connectivity index is 2.83. The van der Waals surface area contributed by atoms with Gasteiger partial charge in [0, 0.05) is 12.8 Å². The van der Waals surface area contributed by atoms with E-state index in [1.807, 2.05) is 20.8 Å². The van der Waals surface area contributed by atoms with Crippen molar-refractivity contribution in [3.05, 3.63) is 11.7 Å². The predicted molar refractivity (Wildman–Crippen MR) is 62.6 cm³/mol. The van der Waals surface area contributed by atoms with Crippen LogP contribution in [0.25, 0.3) is 0 Å². The van der Waals surface area contributed by atoms with Gasteiger partial charge in [-0.05, 0) is 19.3 Å². The highest BCUT2D eigenvalue weighted by molar-refractivity contribution is 5.74. The van der Waals surface area contributed by atoms with Gasteiger partial charge < -0.3 is 9.63 Å². The van der Waals surface area contributed by atoms with E-state index in [0.29, 0.717) is 11.7 Å². The number of hydrogen-bond donors (Lipinski definition) is 1. The lowest BCUT2D eigenvalue weighted by Crippen LogP contribution is -2.35. The Morgan fingerprint density at radius 3 is 2.65 bits per heavy atom. The first kappa shape index (κ1) is 13.7. The van der Waals surface area contributed by atoms with Crippen LogP contribution >= 0.6 is 0 Å². The Morgan fingerprint density at radius 2 is 2.18 bits per heavy atom. The van der Waals surface area contributed by atoms with Crippen LogP contribution in [0.2, 0.25) is 0 Å². The van der Waals surface area contributed by atoms with Gasteiger partial charge in [-0.1, -0.05) is 25.9 Å². The van der Waals surface area contributed by atoms with Crippen molar-refractivity contribution in [3.63, 3.8) is 0 Å². The van der Waals surface area contributed by atoms with Crippen molar-refractivity contribution in [1.82, 2.24) is 10.1 Å². The topological polar surface area (TPSA) is 76.2 Å². The SMILES string of the molecule is CCCc1noc(CC(C)(C(=O)O)C(C)C)n1. The molecule has 1 N–H and O–H groups in total. The number of nitrogens with zero attached hydrogens (tertiary/aromatic N) is 2. The van der Waals surface area contributed by atoms with Gasteiger partial charge >= 0.3 is 5.97 Å². The van der Waals surface area contributed by atoms with Gasteiger partial charge in [0.1, 0.15) is 0 Å². The van der Waals surface area contributed by atoms with Crippen LogP contribution < -0.4 is 0 Å². The molecule has 0 aliphatic heterocycles. The third-order valence-corrected chi connectivity index (χ3v) is 3.27. The van der Waals surface area contributed by atoms with E-state index < -0.39 is 11.4 Å². The maximum Gasteiger partial charge on any atom is 0.310 e. The molecule has 0 radical (unpaired) electrons. The fourth-order valence-electron chi connectivity index (χ4n) is 1.53. The number of carboxylic acids is 1. The van der Waals surface area contributed by atoms with Gasteiger partial charge in [-0.2, -0.15) is 4.98 Å². The summed E-state index contributed by atoms with van der Waals surface area (Å²) in [4.78, 5) is 15.5. The van der Waals surface area contributed by atoms with E-state index in [0.717, 1.165) is 12.8 Å². The molecular weight excluding hydrogens is 220 g/mol.